The summed E-state index contributed by atoms with van der Waals surface area (Å²) in [5, 5.41) is 1.17. The highest BCUT2D eigenvalue weighted by atomic mass is 16.6. The zero-order valence-corrected chi connectivity index (χ0v) is 16.7. The molecule has 0 unspecified atom stereocenters. The third-order valence-electron chi connectivity index (χ3n) is 5.15. The first kappa shape index (κ1) is 17.9. The van der Waals surface area contributed by atoms with E-state index >= 15 is 0 Å². The van der Waals surface area contributed by atoms with E-state index in [0.717, 1.165) is 33.6 Å². The van der Waals surface area contributed by atoms with Gasteiger partial charge in [-0.3, -0.25) is 4.40 Å². The maximum atomic E-state index is 5.40. The van der Waals surface area contributed by atoms with Crippen molar-refractivity contribution in [1.29, 1.82) is 0 Å². The molecule has 0 radical (unpaired) electrons. The van der Waals surface area contributed by atoms with E-state index in [1.54, 1.807) is 25.6 Å². The van der Waals surface area contributed by atoms with Gasteiger partial charge in [-0.1, -0.05) is 0 Å². The highest BCUT2D eigenvalue weighted by molar-refractivity contribution is 5.98. The van der Waals surface area contributed by atoms with E-state index < -0.39 is 0 Å². The van der Waals surface area contributed by atoms with Crippen LogP contribution in [-0.4, -0.2) is 26.0 Å². The zero-order chi connectivity index (χ0) is 20.5. The topological polar surface area (TPSA) is 68.5 Å². The maximum absolute atomic E-state index is 5.40. The van der Waals surface area contributed by atoms with Crippen LogP contribution >= 0.6 is 0 Å². The third kappa shape index (κ3) is 3.06. The molecule has 0 saturated carbocycles. The number of hydroxylamine groups is 1. The van der Waals surface area contributed by atoms with E-state index in [9.17, 15) is 0 Å². The number of allylic oxidation sites excluding steroid dienone is 2. The fraction of sp³-hybridized carbons (Fsp3) is 0.0870. The second kappa shape index (κ2) is 7.36. The smallest absolute Gasteiger partial charge is 0.119 e. The van der Waals surface area contributed by atoms with Crippen molar-refractivity contribution in [3.05, 3.63) is 79.7 Å². The van der Waals surface area contributed by atoms with E-state index in [0.29, 0.717) is 0 Å². The molecule has 0 atom stereocenters. The summed E-state index contributed by atoms with van der Waals surface area (Å²) < 4.78 is 9.64. The molecular weight excluding hydrogens is 378 g/mol. The van der Waals surface area contributed by atoms with Gasteiger partial charge in [0.15, 0.2) is 0 Å². The number of aromatic nitrogens is 4. The Kier molecular flexibility index (Phi) is 4.40. The number of imidazole rings is 1. The summed E-state index contributed by atoms with van der Waals surface area (Å²) in [6, 6.07) is 12.5. The number of rotatable bonds is 2. The average molecular weight is 399 g/mol. The molecule has 7 nitrogen and oxygen atoms in total. The fourth-order valence-electron chi connectivity index (χ4n) is 3.70. The van der Waals surface area contributed by atoms with Crippen LogP contribution < -0.4 is 10.2 Å². The molecule has 7 heteroatoms. The second-order valence-corrected chi connectivity index (χ2v) is 6.96. The Hall–Kier alpha value is -4.13. The molecule has 1 aliphatic heterocycles. The Balaban J connectivity index is 0.000000279. The minimum absolute atomic E-state index is 0.864. The Morgan fingerprint density at radius 3 is 2.73 bits per heavy atom. The van der Waals surface area contributed by atoms with Gasteiger partial charge in [-0.2, -0.15) is 0 Å². The van der Waals surface area contributed by atoms with Crippen LogP contribution in [0.5, 0.6) is 5.75 Å². The lowest BCUT2D eigenvalue weighted by molar-refractivity contribution is 0.172. The molecule has 6 rings (SSSR count). The molecule has 5 aromatic rings. The lowest BCUT2D eigenvalue weighted by atomic mass is 10.1. The van der Waals surface area contributed by atoms with Gasteiger partial charge in [0, 0.05) is 35.9 Å². The van der Waals surface area contributed by atoms with Crippen LogP contribution in [0.1, 0.15) is 0 Å². The number of nitrogens with one attached hydrogen (secondary N) is 2. The lowest BCUT2D eigenvalue weighted by Gasteiger charge is -2.01. The van der Waals surface area contributed by atoms with Crippen LogP contribution in [0.15, 0.2) is 79.7 Å². The minimum atomic E-state index is 0.864. The molecule has 0 spiro atoms. The summed E-state index contributed by atoms with van der Waals surface area (Å²) in [6.07, 6.45) is 12.8. The number of nitrogens with zero attached hydrogens (tertiary/aromatic N) is 3. The molecule has 0 fully saturated rings. The molecule has 0 bridgehead atoms. The van der Waals surface area contributed by atoms with Gasteiger partial charge in [0.05, 0.1) is 41.9 Å². The quantitative estimate of drug-likeness (QED) is 0.458. The van der Waals surface area contributed by atoms with E-state index in [-0.39, 0.29) is 0 Å². The molecule has 0 saturated heterocycles. The van der Waals surface area contributed by atoms with Gasteiger partial charge in [0.25, 0.3) is 0 Å². The molecule has 0 amide bonds. The Morgan fingerprint density at radius 2 is 2.00 bits per heavy atom. The minimum Gasteiger partial charge on any atom is -0.497 e. The van der Waals surface area contributed by atoms with Crippen molar-refractivity contribution in [2.45, 2.75) is 0 Å². The van der Waals surface area contributed by atoms with Crippen LogP contribution in [0.2, 0.25) is 0 Å². The van der Waals surface area contributed by atoms with Crippen molar-refractivity contribution in [2.24, 2.45) is 7.05 Å². The van der Waals surface area contributed by atoms with Gasteiger partial charge in [0.1, 0.15) is 12.0 Å². The van der Waals surface area contributed by atoms with Gasteiger partial charge in [-0.05, 0) is 48.6 Å². The monoisotopic (exact) mass is 399 g/mol. The SMILES string of the molecule is C1=CNOC=C1.COc1ccc2c(c1)c(-c1cc3c(ccc4cncn43)[nH]1)cn2C. The number of ether oxygens (including phenoxy) is 1. The first-order valence-corrected chi connectivity index (χ1v) is 9.55. The molecule has 5 heterocycles. The molecule has 4 aromatic heterocycles. The summed E-state index contributed by atoms with van der Waals surface area (Å²) in [7, 11) is 3.76. The molecule has 1 aliphatic rings. The van der Waals surface area contributed by atoms with Gasteiger partial charge >= 0.3 is 0 Å². The van der Waals surface area contributed by atoms with Crippen LogP contribution in [0, 0.1) is 0 Å². The molecular formula is C23H21N5O2. The summed E-state index contributed by atoms with van der Waals surface area (Å²) in [5.74, 6) is 0.864. The number of pyridine rings is 1. The molecule has 30 heavy (non-hydrogen) atoms. The van der Waals surface area contributed by atoms with E-state index in [1.807, 2.05) is 24.7 Å². The summed E-state index contributed by atoms with van der Waals surface area (Å²) in [4.78, 5) is 12.3. The normalized spacial score (nSPS) is 12.6. The number of benzene rings is 1. The van der Waals surface area contributed by atoms with Crippen LogP contribution in [0.4, 0.5) is 0 Å². The maximum Gasteiger partial charge on any atom is 0.119 e. The van der Waals surface area contributed by atoms with Gasteiger partial charge in [-0.15, -0.1) is 0 Å². The number of aromatic amines is 1. The van der Waals surface area contributed by atoms with Crippen molar-refractivity contribution in [3.63, 3.8) is 0 Å². The van der Waals surface area contributed by atoms with E-state index in [2.05, 4.69) is 72.8 Å². The van der Waals surface area contributed by atoms with Gasteiger partial charge in [-0.25, -0.2) is 10.5 Å². The van der Waals surface area contributed by atoms with Gasteiger partial charge in [0.2, 0.25) is 0 Å². The highest BCUT2D eigenvalue weighted by Crippen LogP contribution is 2.34. The fourth-order valence-corrected chi connectivity index (χ4v) is 3.70. The molecule has 1 aromatic carbocycles. The highest BCUT2D eigenvalue weighted by Gasteiger charge is 2.13. The Labute approximate surface area is 172 Å². The van der Waals surface area contributed by atoms with Crippen LogP contribution in [-0.2, 0) is 11.9 Å². The van der Waals surface area contributed by atoms with Crippen molar-refractivity contribution in [2.75, 3.05) is 7.11 Å². The predicted octanol–water partition coefficient (Wildman–Crippen LogP) is 4.53. The van der Waals surface area contributed by atoms with Crippen LogP contribution in [0.25, 0.3) is 38.7 Å². The van der Waals surface area contributed by atoms with E-state index in [1.165, 1.54) is 10.9 Å². The Morgan fingerprint density at radius 1 is 1.07 bits per heavy atom. The number of hydrogen-bond acceptors (Lipinski definition) is 4. The zero-order valence-electron chi connectivity index (χ0n) is 16.7. The van der Waals surface area contributed by atoms with Gasteiger partial charge < -0.3 is 19.1 Å². The summed E-state index contributed by atoms with van der Waals surface area (Å²) in [5.41, 5.74) is 9.25. The number of aryl methyl sites for hydroxylation is 1. The number of hydrogen-bond donors (Lipinski definition) is 2. The average Bonchev–Trinajstić information content (AvgIpc) is 3.51. The molecule has 0 aliphatic carbocycles. The van der Waals surface area contributed by atoms with Crippen molar-refractivity contribution < 1.29 is 9.57 Å². The Bertz CT molecular complexity index is 1390. The number of fused-ring (bicyclic) bond motifs is 4. The van der Waals surface area contributed by atoms with Crippen LogP contribution in [0.3, 0.4) is 0 Å². The lowest BCUT2D eigenvalue weighted by Crippen LogP contribution is -2.01. The largest absolute Gasteiger partial charge is 0.497 e. The standard InChI is InChI=1S/C19H16N4O.C4H5NO/c1-22-10-15(14-7-13(24-2)4-6-18(14)22)17-8-19-16(21-17)5-3-12-9-20-11-23(12)19;1-2-4-6-5-3-1/h3-11,21H,1-2H3;1-5H. The second-order valence-electron chi connectivity index (χ2n) is 6.96. The number of methoxy groups -OCH3 is 1. The molecule has 2 N–H and O–H groups in total. The first-order valence-electron chi connectivity index (χ1n) is 9.55. The third-order valence-corrected chi connectivity index (χ3v) is 5.15. The van der Waals surface area contributed by atoms with E-state index in [4.69, 9.17) is 4.74 Å². The number of H-pyrrole nitrogens is 1. The predicted molar refractivity (Wildman–Crippen MR) is 118 cm³/mol. The van der Waals surface area contributed by atoms with Crippen molar-refractivity contribution in [3.8, 4) is 17.0 Å². The van der Waals surface area contributed by atoms with Crippen molar-refractivity contribution in [1.82, 2.24) is 24.4 Å². The summed E-state index contributed by atoms with van der Waals surface area (Å²) >= 11 is 0. The first-order chi connectivity index (χ1) is 14.7. The van der Waals surface area contributed by atoms with Crippen molar-refractivity contribution >= 4 is 27.5 Å². The molecule has 150 valence electrons. The summed E-state index contributed by atoms with van der Waals surface area (Å²) in [6.45, 7) is 0.